The predicted octanol–water partition coefficient (Wildman–Crippen LogP) is 2.22. The maximum absolute atomic E-state index is 12.8. The van der Waals surface area contributed by atoms with E-state index in [9.17, 15) is 9.18 Å². The molecule has 0 saturated carbocycles. The van der Waals surface area contributed by atoms with E-state index in [4.69, 9.17) is 0 Å². The van der Waals surface area contributed by atoms with Crippen LogP contribution < -0.4 is 10.2 Å². The van der Waals surface area contributed by atoms with E-state index in [2.05, 4.69) is 15.2 Å². The molecule has 0 aliphatic carbocycles. The molecule has 1 fully saturated rings. The highest BCUT2D eigenvalue weighted by Gasteiger charge is 2.25. The van der Waals surface area contributed by atoms with Gasteiger partial charge < -0.3 is 10.2 Å². The van der Waals surface area contributed by atoms with Crippen LogP contribution in [0.3, 0.4) is 0 Å². The van der Waals surface area contributed by atoms with Crippen LogP contribution in [0.15, 0.2) is 35.8 Å². The second kappa shape index (κ2) is 6.22. The number of carbonyl (C=O) groups excluding carboxylic acids is 1. The zero-order chi connectivity index (χ0) is 14.7. The fourth-order valence-electron chi connectivity index (χ4n) is 2.49. The number of anilines is 1. The molecular formula is C15H16FN3OS. The second-order valence-electron chi connectivity index (χ2n) is 5.12. The standard InChI is InChI=1S/C15H16FN3OS/c16-12-3-1-11(2-4-12)9-14(20)18-13-5-7-19(10-13)15-17-6-8-21-15/h1-4,6,8,13H,5,7,9-10H2,(H,18,20). The van der Waals surface area contributed by atoms with Crippen molar-refractivity contribution in [1.82, 2.24) is 10.3 Å². The Labute approximate surface area is 126 Å². The van der Waals surface area contributed by atoms with Gasteiger partial charge in [0.05, 0.1) is 6.42 Å². The smallest absolute Gasteiger partial charge is 0.224 e. The van der Waals surface area contributed by atoms with Gasteiger partial charge in [0.1, 0.15) is 5.82 Å². The van der Waals surface area contributed by atoms with Gasteiger partial charge in [0.15, 0.2) is 5.13 Å². The first-order valence-corrected chi connectivity index (χ1v) is 7.77. The summed E-state index contributed by atoms with van der Waals surface area (Å²) >= 11 is 1.61. The van der Waals surface area contributed by atoms with Crippen molar-refractivity contribution in [2.45, 2.75) is 18.9 Å². The molecule has 1 amide bonds. The lowest BCUT2D eigenvalue weighted by Crippen LogP contribution is -2.37. The van der Waals surface area contributed by atoms with E-state index in [1.165, 1.54) is 12.1 Å². The number of hydrogen-bond acceptors (Lipinski definition) is 4. The average Bonchev–Trinajstić information content (AvgIpc) is 3.12. The van der Waals surface area contributed by atoms with Crippen LogP contribution in [0.5, 0.6) is 0 Å². The van der Waals surface area contributed by atoms with Gasteiger partial charge >= 0.3 is 0 Å². The Morgan fingerprint density at radius 2 is 2.24 bits per heavy atom. The second-order valence-corrected chi connectivity index (χ2v) is 5.99. The summed E-state index contributed by atoms with van der Waals surface area (Å²) in [5.41, 5.74) is 0.823. The third kappa shape index (κ3) is 3.58. The highest BCUT2D eigenvalue weighted by molar-refractivity contribution is 7.13. The van der Waals surface area contributed by atoms with Crippen LogP contribution in [0.1, 0.15) is 12.0 Å². The number of halogens is 1. The normalized spacial score (nSPS) is 18.0. The molecule has 1 aliphatic rings. The van der Waals surface area contributed by atoms with Crippen molar-refractivity contribution in [3.63, 3.8) is 0 Å². The summed E-state index contributed by atoms with van der Waals surface area (Å²) in [5.74, 6) is -0.304. The average molecular weight is 305 g/mol. The Kier molecular flexibility index (Phi) is 4.15. The molecule has 0 radical (unpaired) electrons. The highest BCUT2D eigenvalue weighted by atomic mass is 32.1. The SMILES string of the molecule is O=C(Cc1ccc(F)cc1)NC1CCN(c2nccs2)C1. The summed E-state index contributed by atoms with van der Waals surface area (Å²) < 4.78 is 12.8. The first-order chi connectivity index (χ1) is 10.2. The van der Waals surface area contributed by atoms with Gasteiger partial charge in [-0.15, -0.1) is 11.3 Å². The van der Waals surface area contributed by atoms with Gasteiger partial charge in [-0.05, 0) is 24.1 Å². The summed E-state index contributed by atoms with van der Waals surface area (Å²) in [4.78, 5) is 18.5. The fourth-order valence-corrected chi connectivity index (χ4v) is 3.17. The number of nitrogens with one attached hydrogen (secondary N) is 1. The number of rotatable bonds is 4. The number of carbonyl (C=O) groups is 1. The minimum atomic E-state index is -0.283. The summed E-state index contributed by atoms with van der Waals surface area (Å²) in [5, 5.41) is 6.00. The summed E-state index contributed by atoms with van der Waals surface area (Å²) in [6.07, 6.45) is 3.00. The maximum atomic E-state index is 12.8. The third-order valence-electron chi connectivity index (χ3n) is 3.52. The summed E-state index contributed by atoms with van der Waals surface area (Å²) in [6.45, 7) is 1.71. The largest absolute Gasteiger partial charge is 0.351 e. The molecule has 1 N–H and O–H groups in total. The van der Waals surface area contributed by atoms with Gasteiger partial charge in [0.25, 0.3) is 0 Å². The molecule has 1 atom stereocenters. The Hall–Kier alpha value is -1.95. The van der Waals surface area contributed by atoms with Gasteiger partial charge in [0, 0.05) is 30.7 Å². The van der Waals surface area contributed by atoms with Gasteiger partial charge in [-0.25, -0.2) is 9.37 Å². The Morgan fingerprint density at radius 1 is 1.43 bits per heavy atom. The van der Waals surface area contributed by atoms with Crippen molar-refractivity contribution in [2.75, 3.05) is 18.0 Å². The molecule has 1 aliphatic heterocycles. The Balaban J connectivity index is 1.50. The topological polar surface area (TPSA) is 45.2 Å². The summed E-state index contributed by atoms with van der Waals surface area (Å²) in [6, 6.07) is 6.20. The molecule has 0 bridgehead atoms. The van der Waals surface area contributed by atoms with Crippen molar-refractivity contribution in [1.29, 1.82) is 0 Å². The highest BCUT2D eigenvalue weighted by Crippen LogP contribution is 2.22. The lowest BCUT2D eigenvalue weighted by Gasteiger charge is -2.15. The van der Waals surface area contributed by atoms with Gasteiger partial charge in [-0.1, -0.05) is 12.1 Å². The monoisotopic (exact) mass is 305 g/mol. The molecule has 1 aromatic carbocycles. The molecule has 1 aromatic heterocycles. The van der Waals surface area contributed by atoms with E-state index >= 15 is 0 Å². The molecule has 110 valence electrons. The minimum absolute atomic E-state index is 0.0207. The lowest BCUT2D eigenvalue weighted by molar-refractivity contribution is -0.121. The number of thiazole rings is 1. The molecule has 0 spiro atoms. The Morgan fingerprint density at radius 3 is 2.95 bits per heavy atom. The van der Waals surface area contributed by atoms with Gasteiger partial charge in [0.2, 0.25) is 5.91 Å². The number of amides is 1. The third-order valence-corrected chi connectivity index (χ3v) is 4.35. The fraction of sp³-hybridized carbons (Fsp3) is 0.333. The van der Waals surface area contributed by atoms with E-state index in [-0.39, 0.29) is 24.2 Å². The minimum Gasteiger partial charge on any atom is -0.351 e. The van der Waals surface area contributed by atoms with Crippen molar-refractivity contribution >= 4 is 22.4 Å². The van der Waals surface area contributed by atoms with Crippen molar-refractivity contribution in [3.05, 3.63) is 47.2 Å². The van der Waals surface area contributed by atoms with Crippen LogP contribution in [0.4, 0.5) is 9.52 Å². The molecule has 3 rings (SSSR count). The van der Waals surface area contributed by atoms with E-state index in [0.717, 1.165) is 30.2 Å². The molecule has 2 heterocycles. The van der Waals surface area contributed by atoms with Crippen LogP contribution in [-0.2, 0) is 11.2 Å². The van der Waals surface area contributed by atoms with Crippen LogP contribution in [-0.4, -0.2) is 30.0 Å². The van der Waals surface area contributed by atoms with Gasteiger partial charge in [-0.2, -0.15) is 0 Å². The zero-order valence-electron chi connectivity index (χ0n) is 11.5. The quantitative estimate of drug-likeness (QED) is 0.942. The van der Waals surface area contributed by atoms with Crippen molar-refractivity contribution in [3.8, 4) is 0 Å². The molecule has 6 heteroatoms. The van der Waals surface area contributed by atoms with Crippen LogP contribution in [0.2, 0.25) is 0 Å². The van der Waals surface area contributed by atoms with Crippen molar-refractivity contribution in [2.24, 2.45) is 0 Å². The van der Waals surface area contributed by atoms with Crippen molar-refractivity contribution < 1.29 is 9.18 Å². The van der Waals surface area contributed by atoms with Crippen LogP contribution >= 0.6 is 11.3 Å². The Bertz CT molecular complexity index is 600. The zero-order valence-corrected chi connectivity index (χ0v) is 12.3. The van der Waals surface area contributed by atoms with Gasteiger partial charge in [-0.3, -0.25) is 4.79 Å². The predicted molar refractivity (Wildman–Crippen MR) is 81.0 cm³/mol. The number of hydrogen-bond donors (Lipinski definition) is 1. The molecule has 4 nitrogen and oxygen atoms in total. The number of benzene rings is 1. The molecule has 1 saturated heterocycles. The lowest BCUT2D eigenvalue weighted by atomic mass is 10.1. The van der Waals surface area contributed by atoms with Crippen LogP contribution in [0, 0.1) is 5.82 Å². The van der Waals surface area contributed by atoms with Crippen LogP contribution in [0.25, 0.3) is 0 Å². The summed E-state index contributed by atoms with van der Waals surface area (Å²) in [7, 11) is 0. The van der Waals surface area contributed by atoms with E-state index in [0.29, 0.717) is 0 Å². The first kappa shape index (κ1) is 14.0. The maximum Gasteiger partial charge on any atom is 0.224 e. The first-order valence-electron chi connectivity index (χ1n) is 6.89. The number of nitrogens with zero attached hydrogens (tertiary/aromatic N) is 2. The van der Waals surface area contributed by atoms with E-state index < -0.39 is 0 Å². The molecule has 2 aromatic rings. The van der Waals surface area contributed by atoms with E-state index in [1.807, 2.05) is 5.38 Å². The molecule has 1 unspecified atom stereocenters. The molecule has 21 heavy (non-hydrogen) atoms. The van der Waals surface area contributed by atoms with E-state index in [1.54, 1.807) is 29.7 Å². The number of aromatic nitrogens is 1. The molecular weight excluding hydrogens is 289 g/mol.